The monoisotopic (exact) mass is 829 g/mol. The zero-order valence-corrected chi connectivity index (χ0v) is 32.8. The van der Waals surface area contributed by atoms with E-state index in [1.807, 2.05) is 61.5 Å². The largest absolute Gasteiger partial charge is 0.486 e. The number of para-hydroxylation sites is 2. The molecule has 7 heteroatoms. The Labute approximate surface area is 299 Å². The molecule has 0 saturated carbocycles. The summed E-state index contributed by atoms with van der Waals surface area (Å²) in [6.45, 7) is 20.4. The number of nitrogens with zero attached hydrogens (tertiary/aromatic N) is 4. The quantitative estimate of drug-likeness (QED) is 0.128. The molecule has 1 radical (unpaired) electrons. The molecule has 0 fully saturated rings. The van der Waals surface area contributed by atoms with Crippen LogP contribution in [0.5, 0.6) is 0 Å². The summed E-state index contributed by atoms with van der Waals surface area (Å²) < 4.78 is 8.40. The van der Waals surface area contributed by atoms with Crippen LogP contribution in [0.3, 0.4) is 0 Å². The molecule has 0 aliphatic heterocycles. The van der Waals surface area contributed by atoms with Gasteiger partial charge < -0.3 is 14.0 Å². The molecule has 0 aliphatic carbocycles. The Bertz CT molecular complexity index is 2190. The van der Waals surface area contributed by atoms with E-state index in [-0.39, 0.29) is 31.6 Å². The third kappa shape index (κ3) is 7.39. The van der Waals surface area contributed by atoms with Crippen LogP contribution in [0.1, 0.15) is 51.9 Å². The van der Waals surface area contributed by atoms with Gasteiger partial charge in [-0.05, 0) is 67.8 Å². The number of aromatic nitrogens is 4. The molecule has 0 amide bonds. The molecule has 0 N–H and O–H groups in total. The fraction of sp³-hybridized carbons (Fsp3) is 0.293. The summed E-state index contributed by atoms with van der Waals surface area (Å²) in [6, 6.07) is 33.5. The second kappa shape index (κ2) is 13.9. The number of hydrogen-bond acceptors (Lipinski definition) is 4. The van der Waals surface area contributed by atoms with Crippen molar-refractivity contribution in [1.82, 2.24) is 19.5 Å². The number of furan rings is 1. The maximum atomic E-state index is 6.15. The van der Waals surface area contributed by atoms with Crippen LogP contribution in [-0.2, 0) is 26.5 Å². The van der Waals surface area contributed by atoms with Crippen LogP contribution in [0.15, 0.2) is 89.5 Å². The molecule has 0 atom stereocenters. The van der Waals surface area contributed by atoms with E-state index in [1.165, 1.54) is 10.8 Å². The van der Waals surface area contributed by atoms with E-state index in [2.05, 4.69) is 106 Å². The van der Waals surface area contributed by atoms with Crippen molar-refractivity contribution in [2.45, 2.75) is 73.6 Å². The van der Waals surface area contributed by atoms with Gasteiger partial charge in [0, 0.05) is 43.4 Å². The molecular weight excluding hydrogens is 785 g/mol. The van der Waals surface area contributed by atoms with Gasteiger partial charge in [0.2, 0.25) is 5.71 Å². The van der Waals surface area contributed by atoms with Crippen molar-refractivity contribution in [3.05, 3.63) is 108 Å². The molecule has 3 aromatic carbocycles. The summed E-state index contributed by atoms with van der Waals surface area (Å²) in [7, 11) is -1.37. The van der Waals surface area contributed by atoms with E-state index in [0.717, 1.165) is 62.1 Å². The molecular formula is C41H44IrN4OSi-2. The molecule has 48 heavy (non-hydrogen) atoms. The van der Waals surface area contributed by atoms with E-state index in [4.69, 9.17) is 14.4 Å². The summed E-state index contributed by atoms with van der Waals surface area (Å²) in [6.07, 6.45) is 3.21. The van der Waals surface area contributed by atoms with E-state index >= 15 is 0 Å². The first-order valence-corrected chi connectivity index (χ1v) is 19.9. The predicted octanol–water partition coefficient (Wildman–Crippen LogP) is 10.4. The zero-order chi connectivity index (χ0) is 33.5. The Balaban J connectivity index is 0.000000189. The number of fused-ring (bicyclic) bond motifs is 4. The molecule has 5 nitrogen and oxygen atoms in total. The van der Waals surface area contributed by atoms with Crippen molar-refractivity contribution in [2.75, 3.05) is 0 Å². The maximum absolute atomic E-state index is 6.15. The average molecular weight is 829 g/mol. The van der Waals surface area contributed by atoms with Gasteiger partial charge in [-0.25, -0.2) is 4.98 Å². The van der Waals surface area contributed by atoms with Crippen molar-refractivity contribution in [3.8, 4) is 22.6 Å². The second-order valence-corrected chi connectivity index (χ2v) is 19.9. The standard InChI is InChI=1S/C22H18N3O.C19H26NSi.Ir/c1-13(2)25-19-10-5-4-9-18(19)24-21(25)17-8-6-7-15-16-12-11-14(3)23-22(16)26-20(15)17;1-19(2,3)13-16-12-17(15-10-8-7-9-11-15)20-14-18(16)21(4,5)6;/h4-7,9-13H,1-3H3;7-10,12,14H,13H2,1-6H3;/q2*-1;. The van der Waals surface area contributed by atoms with Crippen LogP contribution < -0.4 is 5.19 Å². The Morgan fingerprint density at radius 1 is 0.875 bits per heavy atom. The number of benzene rings is 3. The first kappa shape index (κ1) is 35.4. The number of rotatable bonds is 5. The van der Waals surface area contributed by atoms with Crippen molar-refractivity contribution in [2.24, 2.45) is 5.41 Å². The third-order valence-corrected chi connectivity index (χ3v) is 10.3. The second-order valence-electron chi connectivity index (χ2n) is 14.9. The molecule has 7 aromatic rings. The first-order valence-electron chi connectivity index (χ1n) is 16.4. The molecule has 0 aliphatic rings. The molecule has 7 rings (SSSR count). The topological polar surface area (TPSA) is 56.7 Å². The molecule has 0 saturated heterocycles. The number of imidazole rings is 1. The summed E-state index contributed by atoms with van der Waals surface area (Å²) >= 11 is 0. The van der Waals surface area contributed by atoms with Crippen molar-refractivity contribution >= 4 is 46.4 Å². The van der Waals surface area contributed by atoms with Crippen molar-refractivity contribution in [1.29, 1.82) is 0 Å². The molecule has 0 bridgehead atoms. The minimum Gasteiger partial charge on any atom is -0.486 e. The van der Waals surface area contributed by atoms with Gasteiger partial charge >= 0.3 is 0 Å². The van der Waals surface area contributed by atoms with Crippen LogP contribution in [-0.4, -0.2) is 27.6 Å². The van der Waals surface area contributed by atoms with Gasteiger partial charge in [0.15, 0.2) is 0 Å². The van der Waals surface area contributed by atoms with Gasteiger partial charge in [-0.1, -0.05) is 75.1 Å². The van der Waals surface area contributed by atoms with Gasteiger partial charge in [0.25, 0.3) is 0 Å². The van der Waals surface area contributed by atoms with Gasteiger partial charge in [0.05, 0.1) is 30.5 Å². The number of pyridine rings is 2. The van der Waals surface area contributed by atoms with E-state index < -0.39 is 8.07 Å². The van der Waals surface area contributed by atoms with Crippen LogP contribution in [0.2, 0.25) is 19.6 Å². The fourth-order valence-electron chi connectivity index (χ4n) is 6.21. The van der Waals surface area contributed by atoms with Gasteiger partial charge in [-0.15, -0.1) is 54.1 Å². The SMILES string of the molecule is CC(C)(C)Cc1cc(-c2[c-]cccc2)ncc1[Si](C)(C)C.Cc1ccc2c(n1)oc1c(-c3nc4ccccc4n3C(C)C)[c-]ccc12.[Ir]. The fourth-order valence-corrected chi connectivity index (χ4v) is 7.79. The molecule has 4 aromatic heterocycles. The third-order valence-electron chi connectivity index (χ3n) is 8.28. The Morgan fingerprint density at radius 3 is 2.31 bits per heavy atom. The average Bonchev–Trinajstić information content (AvgIpc) is 3.59. The first-order chi connectivity index (χ1) is 22.3. The van der Waals surface area contributed by atoms with Crippen molar-refractivity contribution in [3.63, 3.8) is 0 Å². The summed E-state index contributed by atoms with van der Waals surface area (Å²) in [4.78, 5) is 14.1. The van der Waals surface area contributed by atoms with E-state index in [1.54, 1.807) is 0 Å². The van der Waals surface area contributed by atoms with Crippen LogP contribution in [0.4, 0.5) is 0 Å². The van der Waals surface area contributed by atoms with E-state index in [0.29, 0.717) is 5.71 Å². The predicted molar refractivity (Wildman–Crippen MR) is 199 cm³/mol. The molecule has 249 valence electrons. The summed E-state index contributed by atoms with van der Waals surface area (Å²) in [5.41, 5.74) is 9.23. The van der Waals surface area contributed by atoms with Crippen LogP contribution >= 0.6 is 0 Å². The van der Waals surface area contributed by atoms with Gasteiger partial charge in [0.1, 0.15) is 0 Å². The molecule has 0 unspecified atom stereocenters. The van der Waals surface area contributed by atoms with Crippen LogP contribution in [0.25, 0.3) is 55.7 Å². The van der Waals surface area contributed by atoms with Crippen LogP contribution in [0, 0.1) is 24.5 Å². The van der Waals surface area contributed by atoms with Gasteiger partial charge in [-0.2, -0.15) is 0 Å². The summed E-state index contributed by atoms with van der Waals surface area (Å²) in [5.74, 6) is 0.877. The van der Waals surface area contributed by atoms with Crippen molar-refractivity contribution < 1.29 is 24.5 Å². The zero-order valence-electron chi connectivity index (χ0n) is 29.4. The molecule has 0 spiro atoms. The Hall–Kier alpha value is -3.90. The van der Waals surface area contributed by atoms with Gasteiger partial charge in [-0.3, -0.25) is 4.98 Å². The maximum Gasteiger partial charge on any atom is 0.216 e. The number of aryl methyl sites for hydroxylation is 1. The van der Waals surface area contributed by atoms with E-state index in [9.17, 15) is 0 Å². The Kier molecular flexibility index (Phi) is 10.3. The summed E-state index contributed by atoms with van der Waals surface area (Å²) in [5, 5.41) is 3.55. The normalized spacial score (nSPS) is 12.0. The minimum atomic E-state index is -1.37. The molecule has 4 heterocycles. The minimum absolute atomic E-state index is 0. The Morgan fingerprint density at radius 2 is 1.62 bits per heavy atom. The number of hydrogen-bond donors (Lipinski definition) is 0. The smallest absolute Gasteiger partial charge is 0.216 e.